The van der Waals surface area contributed by atoms with Crippen LogP contribution in [0.5, 0.6) is 5.75 Å². The molecule has 4 aromatic rings. The van der Waals surface area contributed by atoms with Gasteiger partial charge in [0.05, 0.1) is 12.8 Å². The van der Waals surface area contributed by atoms with E-state index in [2.05, 4.69) is 44.5 Å². The molecule has 2 aromatic carbocycles. The minimum Gasteiger partial charge on any atom is -0.496 e. The molecular weight excluding hydrogens is 352 g/mol. The smallest absolute Gasteiger partial charge is 0.269 e. The van der Waals surface area contributed by atoms with Gasteiger partial charge in [-0.25, -0.2) is 0 Å². The van der Waals surface area contributed by atoms with Crippen LogP contribution in [0.25, 0.3) is 22.2 Å². The third kappa shape index (κ3) is 3.62. The Hall–Kier alpha value is -3.54. The summed E-state index contributed by atoms with van der Waals surface area (Å²) in [4.78, 5) is 12.4. The number of carbonyl (C=O) groups is 1. The molecule has 142 valence electrons. The molecule has 0 saturated carbocycles. The number of aromatic nitrogens is 3. The van der Waals surface area contributed by atoms with Gasteiger partial charge in [0, 0.05) is 30.4 Å². The summed E-state index contributed by atoms with van der Waals surface area (Å²) in [5.41, 5.74) is 3.18. The highest BCUT2D eigenvalue weighted by Gasteiger charge is 2.13. The number of carbonyl (C=O) groups excluding carboxylic acids is 1. The molecule has 0 saturated heterocycles. The molecule has 6 nitrogen and oxygen atoms in total. The van der Waals surface area contributed by atoms with E-state index in [0.717, 1.165) is 24.3 Å². The number of hydrogen-bond donors (Lipinski definition) is 2. The van der Waals surface area contributed by atoms with Gasteiger partial charge >= 0.3 is 0 Å². The number of aromatic amines is 1. The molecule has 2 heterocycles. The number of hydrogen-bond acceptors (Lipinski definition) is 3. The van der Waals surface area contributed by atoms with E-state index in [1.54, 1.807) is 13.2 Å². The standard InChI is InChI=1S/C22H22N4O2/c1-28-21-10-5-3-8-17(21)18-15-19(25-24-18)22(27)23-12-6-13-26-14-11-16-7-2-4-9-20(16)26/h2-5,7-11,14-15H,6,12-13H2,1H3,(H,23,27)(H,24,25). The summed E-state index contributed by atoms with van der Waals surface area (Å²) in [6.07, 6.45) is 2.93. The fraction of sp³-hybridized carbons (Fsp3) is 0.182. The van der Waals surface area contributed by atoms with Crippen molar-refractivity contribution in [2.75, 3.05) is 13.7 Å². The largest absolute Gasteiger partial charge is 0.496 e. The van der Waals surface area contributed by atoms with Gasteiger partial charge in [0.1, 0.15) is 11.4 Å². The van der Waals surface area contributed by atoms with Crippen LogP contribution in [0.15, 0.2) is 66.9 Å². The van der Waals surface area contributed by atoms with Gasteiger partial charge in [-0.05, 0) is 42.1 Å². The van der Waals surface area contributed by atoms with Crippen molar-refractivity contribution in [2.24, 2.45) is 0 Å². The Bertz CT molecular complexity index is 1100. The molecule has 0 aliphatic carbocycles. The molecule has 2 N–H and O–H groups in total. The van der Waals surface area contributed by atoms with Crippen molar-refractivity contribution < 1.29 is 9.53 Å². The van der Waals surface area contributed by atoms with Crippen LogP contribution >= 0.6 is 0 Å². The second-order valence-electron chi connectivity index (χ2n) is 6.54. The van der Waals surface area contributed by atoms with Crippen molar-refractivity contribution in [3.63, 3.8) is 0 Å². The van der Waals surface area contributed by atoms with E-state index < -0.39 is 0 Å². The van der Waals surface area contributed by atoms with Crippen molar-refractivity contribution in [2.45, 2.75) is 13.0 Å². The number of methoxy groups -OCH3 is 1. The maximum Gasteiger partial charge on any atom is 0.269 e. The Morgan fingerprint density at radius 2 is 1.96 bits per heavy atom. The first-order valence-electron chi connectivity index (χ1n) is 9.27. The Labute approximate surface area is 163 Å². The highest BCUT2D eigenvalue weighted by Crippen LogP contribution is 2.28. The lowest BCUT2D eigenvalue weighted by atomic mass is 10.1. The Morgan fingerprint density at radius 1 is 1.14 bits per heavy atom. The highest BCUT2D eigenvalue weighted by atomic mass is 16.5. The van der Waals surface area contributed by atoms with E-state index in [9.17, 15) is 4.79 Å². The van der Waals surface area contributed by atoms with Crippen molar-refractivity contribution in [3.8, 4) is 17.0 Å². The van der Waals surface area contributed by atoms with Crippen LogP contribution in [-0.2, 0) is 6.54 Å². The predicted octanol–water partition coefficient (Wildman–Crippen LogP) is 3.86. The summed E-state index contributed by atoms with van der Waals surface area (Å²) in [6.45, 7) is 1.44. The van der Waals surface area contributed by atoms with Gasteiger partial charge in [-0.15, -0.1) is 0 Å². The number of aryl methyl sites for hydroxylation is 1. The SMILES string of the molecule is COc1ccccc1-c1cc(C(=O)NCCCn2ccc3ccccc32)[nH]n1. The van der Waals surface area contributed by atoms with Crippen LogP contribution in [0.1, 0.15) is 16.9 Å². The molecule has 6 heteroatoms. The lowest BCUT2D eigenvalue weighted by molar-refractivity contribution is 0.0948. The van der Waals surface area contributed by atoms with Crippen LogP contribution in [0, 0.1) is 0 Å². The van der Waals surface area contributed by atoms with E-state index in [1.165, 1.54) is 10.9 Å². The van der Waals surface area contributed by atoms with Crippen molar-refractivity contribution in [1.29, 1.82) is 0 Å². The number of ether oxygens (including phenoxy) is 1. The van der Waals surface area contributed by atoms with Crippen LogP contribution in [0.3, 0.4) is 0 Å². The molecule has 0 fully saturated rings. The maximum absolute atomic E-state index is 12.4. The zero-order chi connectivity index (χ0) is 19.3. The summed E-state index contributed by atoms with van der Waals surface area (Å²) >= 11 is 0. The second kappa shape index (κ2) is 8.00. The van der Waals surface area contributed by atoms with Crippen LogP contribution in [0.4, 0.5) is 0 Å². The molecular formula is C22H22N4O2. The van der Waals surface area contributed by atoms with E-state index in [4.69, 9.17) is 4.74 Å². The number of benzene rings is 2. The first-order chi connectivity index (χ1) is 13.8. The number of nitrogens with zero attached hydrogens (tertiary/aromatic N) is 2. The van der Waals surface area contributed by atoms with Crippen LogP contribution in [0.2, 0.25) is 0 Å². The van der Waals surface area contributed by atoms with Gasteiger partial charge in [0.2, 0.25) is 0 Å². The third-order valence-electron chi connectivity index (χ3n) is 4.75. The normalized spacial score (nSPS) is 10.9. The second-order valence-corrected chi connectivity index (χ2v) is 6.54. The highest BCUT2D eigenvalue weighted by molar-refractivity contribution is 5.93. The fourth-order valence-electron chi connectivity index (χ4n) is 3.31. The van der Waals surface area contributed by atoms with E-state index >= 15 is 0 Å². The summed E-state index contributed by atoms with van der Waals surface area (Å²) in [5, 5.41) is 11.2. The number of para-hydroxylation sites is 2. The quantitative estimate of drug-likeness (QED) is 0.483. The van der Waals surface area contributed by atoms with Crippen molar-refractivity contribution >= 4 is 16.8 Å². The van der Waals surface area contributed by atoms with Crippen molar-refractivity contribution in [3.05, 3.63) is 72.6 Å². The summed E-state index contributed by atoms with van der Waals surface area (Å²) in [7, 11) is 1.62. The third-order valence-corrected chi connectivity index (χ3v) is 4.75. The molecule has 1 amide bonds. The zero-order valence-electron chi connectivity index (χ0n) is 15.7. The molecule has 0 aliphatic rings. The Morgan fingerprint density at radius 3 is 2.86 bits per heavy atom. The maximum atomic E-state index is 12.4. The molecule has 0 aliphatic heterocycles. The average Bonchev–Trinajstić information content (AvgIpc) is 3.39. The lowest BCUT2D eigenvalue weighted by Crippen LogP contribution is -2.25. The molecule has 4 rings (SSSR count). The van der Waals surface area contributed by atoms with E-state index in [1.807, 2.05) is 36.4 Å². The number of fused-ring (bicyclic) bond motifs is 1. The molecule has 28 heavy (non-hydrogen) atoms. The first kappa shape index (κ1) is 17.9. The van der Waals surface area contributed by atoms with Gasteiger partial charge in [-0.2, -0.15) is 5.10 Å². The van der Waals surface area contributed by atoms with E-state index in [0.29, 0.717) is 17.9 Å². The predicted molar refractivity (Wildman–Crippen MR) is 109 cm³/mol. The summed E-state index contributed by atoms with van der Waals surface area (Å²) < 4.78 is 7.56. The molecule has 0 bridgehead atoms. The first-order valence-corrected chi connectivity index (χ1v) is 9.27. The van der Waals surface area contributed by atoms with Crippen LogP contribution in [-0.4, -0.2) is 34.3 Å². The van der Waals surface area contributed by atoms with E-state index in [-0.39, 0.29) is 5.91 Å². The number of nitrogens with one attached hydrogen (secondary N) is 2. The fourth-order valence-corrected chi connectivity index (χ4v) is 3.31. The number of H-pyrrole nitrogens is 1. The monoisotopic (exact) mass is 374 g/mol. The topological polar surface area (TPSA) is 71.9 Å². The molecule has 0 atom stereocenters. The Balaban J connectivity index is 1.34. The minimum absolute atomic E-state index is 0.161. The molecule has 0 unspecified atom stereocenters. The van der Waals surface area contributed by atoms with Crippen LogP contribution < -0.4 is 10.1 Å². The van der Waals surface area contributed by atoms with Gasteiger partial charge < -0.3 is 14.6 Å². The molecule has 0 radical (unpaired) electrons. The van der Waals surface area contributed by atoms with Gasteiger partial charge in [-0.1, -0.05) is 30.3 Å². The number of amides is 1. The van der Waals surface area contributed by atoms with Gasteiger partial charge in [0.15, 0.2) is 0 Å². The zero-order valence-corrected chi connectivity index (χ0v) is 15.7. The molecule has 2 aromatic heterocycles. The summed E-state index contributed by atoms with van der Waals surface area (Å²) in [6, 6.07) is 19.7. The average molecular weight is 374 g/mol. The lowest BCUT2D eigenvalue weighted by Gasteiger charge is -2.06. The number of rotatable bonds is 7. The minimum atomic E-state index is -0.161. The molecule has 0 spiro atoms. The van der Waals surface area contributed by atoms with Gasteiger partial charge in [0.25, 0.3) is 5.91 Å². The Kier molecular flexibility index (Phi) is 5.10. The summed E-state index contributed by atoms with van der Waals surface area (Å²) in [5.74, 6) is 0.561. The van der Waals surface area contributed by atoms with Gasteiger partial charge in [-0.3, -0.25) is 9.89 Å². The van der Waals surface area contributed by atoms with Crippen molar-refractivity contribution in [1.82, 2.24) is 20.1 Å².